The molecule has 0 aromatic heterocycles. The van der Waals surface area contributed by atoms with Gasteiger partial charge in [-0.15, -0.1) is 0 Å². The van der Waals surface area contributed by atoms with Crippen LogP contribution in [-0.2, 0) is 23.5 Å². The van der Waals surface area contributed by atoms with Crippen molar-refractivity contribution >= 4 is 22.7 Å². The van der Waals surface area contributed by atoms with Crippen LogP contribution in [0.2, 0.25) is 0 Å². The Balaban J connectivity index is 2.70. The van der Waals surface area contributed by atoms with Gasteiger partial charge in [0.05, 0.1) is 11.5 Å². The largest absolute Gasteiger partial charge is 0.382 e. The van der Waals surface area contributed by atoms with Crippen LogP contribution in [0.15, 0.2) is 46.9 Å². The third-order valence-corrected chi connectivity index (χ3v) is 6.63. The molecule has 1 fully saturated rings. The molecule has 1 aromatic rings. The highest BCUT2D eigenvalue weighted by atomic mass is 32.2. The summed E-state index contributed by atoms with van der Waals surface area (Å²) in [5.41, 5.74) is -4.20. The minimum absolute atomic E-state index is 0.648. The lowest BCUT2D eigenvalue weighted by Crippen LogP contribution is -2.67. The molecule has 10 heteroatoms. The number of aliphatic hydroxyl groups is 1. The zero-order valence-electron chi connectivity index (χ0n) is 16.8. The SMILES string of the molecule is CC(C)=C[C@]1(C)OC(C)(C)O[C@@H]1C(O)(COS)C(F)(F)S(=O)(=O)c1ccccc1. The van der Waals surface area contributed by atoms with Crippen LogP contribution in [-0.4, -0.2) is 48.5 Å². The number of halogens is 2. The molecule has 0 radical (unpaired) electrons. The maximum Gasteiger partial charge on any atom is 0.382 e. The molecule has 0 amide bonds. The zero-order valence-corrected chi connectivity index (χ0v) is 18.6. The van der Waals surface area contributed by atoms with Crippen molar-refractivity contribution < 1.29 is 36.0 Å². The van der Waals surface area contributed by atoms with E-state index in [2.05, 4.69) is 17.1 Å². The van der Waals surface area contributed by atoms with Gasteiger partial charge in [0.15, 0.2) is 11.4 Å². The van der Waals surface area contributed by atoms with Gasteiger partial charge in [-0.25, -0.2) is 8.42 Å². The molecule has 0 spiro atoms. The highest BCUT2D eigenvalue weighted by Crippen LogP contribution is 2.50. The second-order valence-corrected chi connectivity index (χ2v) is 10.2. The standard InChI is InChI=1S/C19H26F2O6S2/c1-13(2)11-17(5)15(26-16(3,4)27-17)18(22,12-25-28)19(20,21)29(23,24)14-9-7-6-8-10-14/h6-11,15,22,28H,12H2,1-5H3/t15-,17-,18?/m0/s1. The smallest absolute Gasteiger partial charge is 0.378 e. The second-order valence-electron chi connectivity index (χ2n) is 7.94. The normalized spacial score (nSPS) is 26.7. The molecule has 1 heterocycles. The first-order valence-electron chi connectivity index (χ1n) is 8.83. The quantitative estimate of drug-likeness (QED) is 0.374. The highest BCUT2D eigenvalue weighted by Gasteiger charge is 2.72. The summed E-state index contributed by atoms with van der Waals surface area (Å²) in [6.07, 6.45) is -0.290. The number of thiol groups is 1. The summed E-state index contributed by atoms with van der Waals surface area (Å²) >= 11 is 3.49. The number of sulfone groups is 1. The molecule has 1 N–H and O–H groups in total. The van der Waals surface area contributed by atoms with Crippen molar-refractivity contribution in [3.05, 3.63) is 42.0 Å². The van der Waals surface area contributed by atoms with Crippen molar-refractivity contribution in [3.8, 4) is 0 Å². The maximum absolute atomic E-state index is 15.6. The lowest BCUT2D eigenvalue weighted by atomic mass is 9.84. The molecule has 6 nitrogen and oxygen atoms in total. The predicted octanol–water partition coefficient (Wildman–Crippen LogP) is 3.52. The van der Waals surface area contributed by atoms with Crippen molar-refractivity contribution in [2.75, 3.05) is 6.61 Å². The molecule has 164 valence electrons. The van der Waals surface area contributed by atoms with Gasteiger partial charge in [-0.3, -0.25) is 0 Å². The van der Waals surface area contributed by atoms with Crippen molar-refractivity contribution in [1.29, 1.82) is 0 Å². The van der Waals surface area contributed by atoms with Gasteiger partial charge in [0.1, 0.15) is 11.7 Å². The van der Waals surface area contributed by atoms with Gasteiger partial charge >= 0.3 is 5.25 Å². The molecule has 1 aliphatic heterocycles. The first-order valence-corrected chi connectivity index (χ1v) is 10.7. The Morgan fingerprint density at radius 1 is 1.28 bits per heavy atom. The Morgan fingerprint density at radius 3 is 2.31 bits per heavy atom. The van der Waals surface area contributed by atoms with Gasteiger partial charge in [-0.05, 0) is 59.7 Å². The van der Waals surface area contributed by atoms with Crippen LogP contribution in [0.1, 0.15) is 34.6 Å². The summed E-state index contributed by atoms with van der Waals surface area (Å²) in [5, 5.41) is 6.48. The summed E-state index contributed by atoms with van der Waals surface area (Å²) in [6, 6.07) is 6.15. The van der Waals surface area contributed by atoms with E-state index in [1.54, 1.807) is 13.8 Å². The molecule has 1 aliphatic rings. The van der Waals surface area contributed by atoms with E-state index >= 15 is 8.78 Å². The van der Waals surface area contributed by atoms with Gasteiger partial charge in [0, 0.05) is 0 Å². The second kappa shape index (κ2) is 7.90. The van der Waals surface area contributed by atoms with Crippen LogP contribution in [0.5, 0.6) is 0 Å². The number of hydrogen-bond acceptors (Lipinski definition) is 7. The number of alkyl halides is 2. The molecule has 1 unspecified atom stereocenters. The molecule has 3 atom stereocenters. The summed E-state index contributed by atoms with van der Waals surface area (Å²) in [5.74, 6) is -1.37. The number of hydrogen-bond donors (Lipinski definition) is 2. The number of ether oxygens (including phenoxy) is 2. The lowest BCUT2D eigenvalue weighted by molar-refractivity contribution is -0.223. The van der Waals surface area contributed by atoms with Crippen LogP contribution in [0.3, 0.4) is 0 Å². The zero-order chi connectivity index (χ0) is 22.3. The molecule has 1 saturated heterocycles. The molecule has 0 bridgehead atoms. The average Bonchev–Trinajstić information content (AvgIpc) is 2.83. The Morgan fingerprint density at radius 2 is 1.83 bits per heavy atom. The first-order chi connectivity index (χ1) is 13.1. The van der Waals surface area contributed by atoms with E-state index < -0.39 is 49.7 Å². The van der Waals surface area contributed by atoms with Crippen LogP contribution >= 0.6 is 12.9 Å². The fraction of sp³-hybridized carbons (Fsp3) is 0.579. The van der Waals surface area contributed by atoms with Crippen LogP contribution in [0.25, 0.3) is 0 Å². The number of rotatable bonds is 7. The fourth-order valence-corrected chi connectivity index (χ4v) is 5.29. The van der Waals surface area contributed by atoms with Gasteiger partial charge < -0.3 is 18.8 Å². The summed E-state index contributed by atoms with van der Waals surface area (Å²) in [7, 11) is -5.33. The summed E-state index contributed by atoms with van der Waals surface area (Å²) in [4.78, 5) is -0.648. The topological polar surface area (TPSA) is 82.1 Å². The van der Waals surface area contributed by atoms with Gasteiger partial charge in [-0.2, -0.15) is 8.78 Å². The molecule has 29 heavy (non-hydrogen) atoms. The minimum atomic E-state index is -5.33. The molecule has 0 aliphatic carbocycles. The molecular weight excluding hydrogens is 426 g/mol. The monoisotopic (exact) mass is 452 g/mol. The van der Waals surface area contributed by atoms with Crippen molar-refractivity contribution in [3.63, 3.8) is 0 Å². The van der Waals surface area contributed by atoms with Gasteiger partial charge in [0.25, 0.3) is 0 Å². The van der Waals surface area contributed by atoms with E-state index in [0.29, 0.717) is 5.57 Å². The molecule has 0 saturated carbocycles. The first kappa shape index (κ1) is 24.2. The van der Waals surface area contributed by atoms with Crippen molar-refractivity contribution in [2.45, 2.75) is 67.9 Å². The Labute approximate surface area is 175 Å². The van der Waals surface area contributed by atoms with Gasteiger partial charge in [-0.1, -0.05) is 29.8 Å². The Kier molecular flexibility index (Phi) is 6.60. The minimum Gasteiger partial charge on any atom is -0.378 e. The van der Waals surface area contributed by atoms with E-state index in [-0.39, 0.29) is 0 Å². The maximum atomic E-state index is 15.6. The van der Waals surface area contributed by atoms with Gasteiger partial charge in [0.2, 0.25) is 9.84 Å². The molecular formula is C19H26F2O6S2. The van der Waals surface area contributed by atoms with E-state index in [0.717, 1.165) is 12.1 Å². The molecule has 1 aromatic carbocycles. The Bertz CT molecular complexity index is 868. The third-order valence-electron chi connectivity index (χ3n) is 4.58. The van der Waals surface area contributed by atoms with E-state index in [1.807, 2.05) is 0 Å². The highest BCUT2D eigenvalue weighted by molar-refractivity contribution is 7.92. The molecule has 2 rings (SSSR count). The van der Waals surface area contributed by atoms with Crippen LogP contribution in [0.4, 0.5) is 8.78 Å². The summed E-state index contributed by atoms with van der Waals surface area (Å²) in [6.45, 7) is 6.69. The lowest BCUT2D eigenvalue weighted by Gasteiger charge is -2.42. The van der Waals surface area contributed by atoms with Crippen molar-refractivity contribution in [1.82, 2.24) is 0 Å². The third kappa shape index (κ3) is 4.24. The van der Waals surface area contributed by atoms with E-state index in [1.165, 1.54) is 45.0 Å². The Hall–Kier alpha value is -1.04. The van der Waals surface area contributed by atoms with Crippen molar-refractivity contribution in [2.24, 2.45) is 0 Å². The number of benzene rings is 1. The predicted molar refractivity (Wildman–Crippen MR) is 106 cm³/mol. The number of allylic oxidation sites excluding steroid dienone is 1. The van der Waals surface area contributed by atoms with E-state index in [9.17, 15) is 13.5 Å². The average molecular weight is 453 g/mol. The fourth-order valence-electron chi connectivity index (χ4n) is 3.65. The van der Waals surface area contributed by atoms with Crippen LogP contribution in [0, 0.1) is 0 Å². The summed E-state index contributed by atoms with van der Waals surface area (Å²) < 4.78 is 72.8. The van der Waals surface area contributed by atoms with E-state index in [4.69, 9.17) is 9.47 Å². The van der Waals surface area contributed by atoms with Crippen LogP contribution < -0.4 is 0 Å².